The molecule has 0 radical (unpaired) electrons. The minimum atomic E-state index is -0.0812. The minimum Gasteiger partial charge on any atom is -0.487 e. The molecule has 1 aliphatic heterocycles. The van der Waals surface area contributed by atoms with Crippen molar-refractivity contribution in [2.75, 3.05) is 5.75 Å². The third-order valence-electron chi connectivity index (χ3n) is 4.60. The Labute approximate surface area is 133 Å². The number of para-hydroxylation sites is 1. The molecule has 1 heterocycles. The largest absolute Gasteiger partial charge is 0.487 e. The summed E-state index contributed by atoms with van der Waals surface area (Å²) in [4.78, 5) is 0. The number of rotatable bonds is 4. The molecule has 21 heavy (non-hydrogen) atoms. The first-order chi connectivity index (χ1) is 10.1. The van der Waals surface area contributed by atoms with Crippen LogP contribution in [0.5, 0.6) is 5.75 Å². The first kappa shape index (κ1) is 15.2. The van der Waals surface area contributed by atoms with Gasteiger partial charge in [0.25, 0.3) is 0 Å². The van der Waals surface area contributed by atoms with Gasteiger partial charge in [0.2, 0.25) is 0 Å². The van der Waals surface area contributed by atoms with Gasteiger partial charge in [0.15, 0.2) is 0 Å². The Morgan fingerprint density at radius 1 is 1.29 bits per heavy atom. The molecule has 0 saturated heterocycles. The normalized spacial score (nSPS) is 30.7. The van der Waals surface area contributed by atoms with Gasteiger partial charge in [-0.3, -0.25) is 0 Å². The van der Waals surface area contributed by atoms with Crippen molar-refractivity contribution in [2.45, 2.75) is 69.4 Å². The molecule has 1 N–H and O–H groups in total. The van der Waals surface area contributed by atoms with E-state index < -0.39 is 0 Å². The van der Waals surface area contributed by atoms with Crippen LogP contribution in [0.1, 0.15) is 58.1 Å². The van der Waals surface area contributed by atoms with E-state index in [9.17, 15) is 0 Å². The fourth-order valence-electron chi connectivity index (χ4n) is 3.71. The molecular formula is C18H27NOS. The number of thioether (sulfide) groups is 1. The van der Waals surface area contributed by atoms with E-state index in [0.29, 0.717) is 12.1 Å². The number of nitrogens with one attached hydrogen (secondary N) is 1. The van der Waals surface area contributed by atoms with Gasteiger partial charge < -0.3 is 10.1 Å². The zero-order valence-electron chi connectivity index (χ0n) is 13.4. The first-order valence-electron chi connectivity index (χ1n) is 8.23. The molecule has 3 heteroatoms. The summed E-state index contributed by atoms with van der Waals surface area (Å²) >= 11 is 2.13. The molecule has 1 saturated carbocycles. The van der Waals surface area contributed by atoms with Crippen molar-refractivity contribution in [3.63, 3.8) is 0 Å². The lowest BCUT2D eigenvalue weighted by Gasteiger charge is -2.39. The Balaban J connectivity index is 1.70. The average molecular weight is 305 g/mol. The van der Waals surface area contributed by atoms with Gasteiger partial charge >= 0.3 is 0 Å². The summed E-state index contributed by atoms with van der Waals surface area (Å²) in [5, 5.41) is 4.78. The Morgan fingerprint density at radius 2 is 2.10 bits per heavy atom. The van der Waals surface area contributed by atoms with Gasteiger partial charge in [-0.25, -0.2) is 0 Å². The molecule has 2 aliphatic rings. The Hall–Kier alpha value is -0.670. The second kappa shape index (κ2) is 6.21. The van der Waals surface area contributed by atoms with E-state index >= 15 is 0 Å². The number of ether oxygens (including phenoxy) is 1. The minimum absolute atomic E-state index is 0.0812. The Bertz CT molecular complexity index is 488. The maximum absolute atomic E-state index is 6.13. The second-order valence-corrected chi connectivity index (χ2v) is 8.49. The lowest BCUT2D eigenvalue weighted by molar-refractivity contribution is 0.0638. The summed E-state index contributed by atoms with van der Waals surface area (Å²) < 4.78 is 6.13. The number of hydrogen-bond donors (Lipinski definition) is 1. The second-order valence-electron chi connectivity index (χ2n) is 6.91. The van der Waals surface area contributed by atoms with Crippen molar-refractivity contribution >= 4 is 11.8 Å². The van der Waals surface area contributed by atoms with Crippen LogP contribution in [0.2, 0.25) is 0 Å². The van der Waals surface area contributed by atoms with Gasteiger partial charge in [0.05, 0.1) is 0 Å². The summed E-state index contributed by atoms with van der Waals surface area (Å²) in [6.45, 7) is 6.66. The van der Waals surface area contributed by atoms with E-state index in [1.807, 2.05) is 0 Å². The summed E-state index contributed by atoms with van der Waals surface area (Å²) in [5.74, 6) is 2.30. The molecule has 3 unspecified atom stereocenters. The molecule has 1 aliphatic carbocycles. The highest BCUT2D eigenvalue weighted by Crippen LogP contribution is 2.40. The van der Waals surface area contributed by atoms with Gasteiger partial charge in [-0.2, -0.15) is 11.8 Å². The maximum atomic E-state index is 6.13. The van der Waals surface area contributed by atoms with Crippen molar-refractivity contribution < 1.29 is 4.74 Å². The van der Waals surface area contributed by atoms with E-state index in [-0.39, 0.29) is 5.60 Å². The molecule has 2 nitrogen and oxygen atoms in total. The molecule has 116 valence electrons. The van der Waals surface area contributed by atoms with Crippen LogP contribution in [-0.4, -0.2) is 22.6 Å². The monoisotopic (exact) mass is 305 g/mol. The van der Waals surface area contributed by atoms with Crippen molar-refractivity contribution in [1.29, 1.82) is 0 Å². The average Bonchev–Trinajstić information content (AvgIpc) is 2.85. The van der Waals surface area contributed by atoms with Crippen LogP contribution in [0.4, 0.5) is 0 Å². The highest BCUT2D eigenvalue weighted by atomic mass is 32.2. The molecule has 1 fully saturated rings. The van der Waals surface area contributed by atoms with Crippen LogP contribution >= 0.6 is 11.8 Å². The Morgan fingerprint density at radius 3 is 2.90 bits per heavy atom. The fourth-order valence-corrected chi connectivity index (χ4v) is 4.86. The summed E-state index contributed by atoms with van der Waals surface area (Å²) in [6.07, 6.45) is 5.05. The standard InChI is InChI=1S/C18H27NOS/c1-4-21-14-10-9-13(11-14)19-16-12-18(2,3)20-17-8-6-5-7-15(16)17/h5-8,13-14,16,19H,4,9-12H2,1-3H3. The summed E-state index contributed by atoms with van der Waals surface area (Å²) in [6, 6.07) is 9.62. The third-order valence-corrected chi connectivity index (χ3v) is 5.83. The maximum Gasteiger partial charge on any atom is 0.124 e. The number of benzene rings is 1. The molecule has 3 rings (SSSR count). The van der Waals surface area contributed by atoms with Crippen molar-refractivity contribution in [3.05, 3.63) is 29.8 Å². The highest BCUT2D eigenvalue weighted by Gasteiger charge is 2.35. The molecular weight excluding hydrogens is 278 g/mol. The zero-order valence-corrected chi connectivity index (χ0v) is 14.2. The lowest BCUT2D eigenvalue weighted by Crippen LogP contribution is -2.42. The van der Waals surface area contributed by atoms with Crippen LogP contribution in [0.15, 0.2) is 24.3 Å². The Kier molecular flexibility index (Phi) is 4.51. The highest BCUT2D eigenvalue weighted by molar-refractivity contribution is 7.99. The number of fused-ring (bicyclic) bond motifs is 1. The van der Waals surface area contributed by atoms with E-state index in [0.717, 1.165) is 17.4 Å². The fraction of sp³-hybridized carbons (Fsp3) is 0.667. The van der Waals surface area contributed by atoms with Gasteiger partial charge in [-0.05, 0) is 44.9 Å². The first-order valence-corrected chi connectivity index (χ1v) is 9.28. The van der Waals surface area contributed by atoms with E-state index in [2.05, 4.69) is 62.1 Å². The van der Waals surface area contributed by atoms with Gasteiger partial charge in [-0.1, -0.05) is 25.1 Å². The van der Waals surface area contributed by atoms with E-state index in [1.165, 1.54) is 30.6 Å². The predicted molar refractivity (Wildman–Crippen MR) is 91.2 cm³/mol. The smallest absolute Gasteiger partial charge is 0.124 e. The van der Waals surface area contributed by atoms with Crippen molar-refractivity contribution in [1.82, 2.24) is 5.32 Å². The van der Waals surface area contributed by atoms with Crippen LogP contribution in [0, 0.1) is 0 Å². The van der Waals surface area contributed by atoms with Crippen molar-refractivity contribution in [2.24, 2.45) is 0 Å². The molecule has 0 bridgehead atoms. The van der Waals surface area contributed by atoms with Crippen LogP contribution in [-0.2, 0) is 0 Å². The summed E-state index contributed by atoms with van der Waals surface area (Å²) in [7, 11) is 0. The van der Waals surface area contributed by atoms with Crippen LogP contribution in [0.3, 0.4) is 0 Å². The predicted octanol–water partition coefficient (Wildman–Crippen LogP) is 4.55. The SMILES string of the molecule is CCSC1CCC(NC2CC(C)(C)Oc3ccccc32)C1. The molecule has 0 spiro atoms. The lowest BCUT2D eigenvalue weighted by atomic mass is 9.89. The van der Waals surface area contributed by atoms with Crippen LogP contribution < -0.4 is 10.1 Å². The topological polar surface area (TPSA) is 21.3 Å². The molecule has 3 atom stereocenters. The van der Waals surface area contributed by atoms with Gasteiger partial charge in [-0.15, -0.1) is 0 Å². The summed E-state index contributed by atoms with van der Waals surface area (Å²) in [5.41, 5.74) is 1.26. The van der Waals surface area contributed by atoms with Gasteiger partial charge in [0.1, 0.15) is 11.4 Å². The van der Waals surface area contributed by atoms with Gasteiger partial charge in [0, 0.05) is 29.3 Å². The van der Waals surface area contributed by atoms with Crippen molar-refractivity contribution in [3.8, 4) is 5.75 Å². The zero-order chi connectivity index (χ0) is 14.9. The van der Waals surface area contributed by atoms with E-state index in [1.54, 1.807) is 0 Å². The third kappa shape index (κ3) is 3.57. The van der Waals surface area contributed by atoms with E-state index in [4.69, 9.17) is 4.74 Å². The quantitative estimate of drug-likeness (QED) is 0.881. The molecule has 1 aromatic carbocycles. The number of hydrogen-bond acceptors (Lipinski definition) is 3. The molecule has 0 aromatic heterocycles. The van der Waals surface area contributed by atoms with Crippen LogP contribution in [0.25, 0.3) is 0 Å². The molecule has 0 amide bonds. The molecule has 1 aromatic rings.